The van der Waals surface area contributed by atoms with Crippen LogP contribution in [0.3, 0.4) is 0 Å². The van der Waals surface area contributed by atoms with Gasteiger partial charge in [-0.05, 0) is 24.1 Å². The van der Waals surface area contributed by atoms with E-state index in [0.717, 1.165) is 24.2 Å². The number of nitrogens with one attached hydrogen (secondary N) is 1. The van der Waals surface area contributed by atoms with Crippen molar-refractivity contribution >= 4 is 5.69 Å². The molecule has 0 aliphatic rings. The van der Waals surface area contributed by atoms with Crippen LogP contribution in [-0.4, -0.2) is 18.3 Å². The maximum atomic E-state index is 8.72. The molecule has 0 atom stereocenters. The molecule has 2 N–H and O–H groups in total. The summed E-state index contributed by atoms with van der Waals surface area (Å²) < 4.78 is 0. The third-order valence-corrected chi connectivity index (χ3v) is 1.95. The van der Waals surface area contributed by atoms with Gasteiger partial charge < -0.3 is 10.4 Å². The summed E-state index contributed by atoms with van der Waals surface area (Å²) in [5.41, 5.74) is 2.22. The highest BCUT2D eigenvalue weighted by Crippen LogP contribution is 2.09. The van der Waals surface area contributed by atoms with Crippen LogP contribution >= 0.6 is 0 Å². The van der Waals surface area contributed by atoms with Gasteiger partial charge in [0.1, 0.15) is 0 Å². The van der Waals surface area contributed by atoms with Crippen molar-refractivity contribution in [2.75, 3.05) is 18.5 Å². The molecule has 0 saturated heterocycles. The lowest BCUT2D eigenvalue weighted by atomic mass is 10.1. The Balaban J connectivity index is 2.43. The van der Waals surface area contributed by atoms with Crippen LogP contribution in [0, 0.1) is 12.3 Å². The molecule has 0 aromatic heterocycles. The van der Waals surface area contributed by atoms with Gasteiger partial charge in [-0.2, -0.15) is 0 Å². The maximum Gasteiger partial charge on any atom is 0.0471 e. The molecule has 0 fully saturated rings. The summed E-state index contributed by atoms with van der Waals surface area (Å²) >= 11 is 0. The maximum absolute atomic E-state index is 8.72. The normalized spacial score (nSPS) is 9.43. The Morgan fingerprint density at radius 3 is 2.57 bits per heavy atom. The average molecular weight is 189 g/mol. The fraction of sp³-hybridized carbons (Fsp3) is 0.333. The van der Waals surface area contributed by atoms with Gasteiger partial charge >= 0.3 is 0 Å². The molecule has 14 heavy (non-hydrogen) atoms. The van der Waals surface area contributed by atoms with Crippen LogP contribution in [0.15, 0.2) is 24.3 Å². The number of benzene rings is 1. The first-order chi connectivity index (χ1) is 6.86. The largest absolute Gasteiger partial charge is 0.396 e. The number of aliphatic hydroxyl groups is 1. The van der Waals surface area contributed by atoms with Crippen molar-refractivity contribution in [3.8, 4) is 12.3 Å². The Morgan fingerprint density at radius 1 is 1.29 bits per heavy atom. The topological polar surface area (TPSA) is 32.3 Å². The second-order valence-electron chi connectivity index (χ2n) is 3.05. The molecule has 0 radical (unpaired) electrons. The van der Waals surface area contributed by atoms with Crippen molar-refractivity contribution in [1.29, 1.82) is 0 Å². The fourth-order valence-electron chi connectivity index (χ4n) is 1.20. The number of anilines is 1. The van der Waals surface area contributed by atoms with Gasteiger partial charge in [0, 0.05) is 25.3 Å². The van der Waals surface area contributed by atoms with Crippen LogP contribution in [0.25, 0.3) is 0 Å². The predicted octanol–water partition coefficient (Wildman–Crippen LogP) is 1.66. The van der Waals surface area contributed by atoms with Gasteiger partial charge in [0.05, 0.1) is 0 Å². The minimum atomic E-state index is 0.198. The average Bonchev–Trinajstić information content (AvgIpc) is 2.21. The number of aliphatic hydroxyl groups excluding tert-OH is 1. The van der Waals surface area contributed by atoms with Crippen molar-refractivity contribution in [2.45, 2.75) is 12.8 Å². The Morgan fingerprint density at radius 2 is 2.00 bits per heavy atom. The minimum absolute atomic E-state index is 0.198. The van der Waals surface area contributed by atoms with Gasteiger partial charge in [-0.3, -0.25) is 0 Å². The van der Waals surface area contributed by atoms with Gasteiger partial charge in [-0.25, -0.2) is 0 Å². The molecule has 2 nitrogen and oxygen atoms in total. The number of hydrogen-bond donors (Lipinski definition) is 2. The predicted molar refractivity (Wildman–Crippen MR) is 59.2 cm³/mol. The van der Waals surface area contributed by atoms with Crippen molar-refractivity contribution in [2.24, 2.45) is 0 Å². The molecule has 1 aromatic rings. The Hall–Kier alpha value is -1.46. The van der Waals surface area contributed by atoms with E-state index in [2.05, 4.69) is 11.2 Å². The smallest absolute Gasteiger partial charge is 0.0471 e. The lowest BCUT2D eigenvalue weighted by molar-refractivity contribution is 0.299. The van der Waals surface area contributed by atoms with Crippen LogP contribution in [0.5, 0.6) is 0 Å². The van der Waals surface area contributed by atoms with E-state index in [9.17, 15) is 0 Å². The second-order valence-corrected chi connectivity index (χ2v) is 3.05. The Labute approximate surface area is 85.0 Å². The van der Waals surface area contributed by atoms with Crippen molar-refractivity contribution in [3.63, 3.8) is 0 Å². The van der Waals surface area contributed by atoms with Crippen LogP contribution < -0.4 is 5.32 Å². The first kappa shape index (κ1) is 10.6. The van der Waals surface area contributed by atoms with Gasteiger partial charge in [0.2, 0.25) is 0 Å². The zero-order chi connectivity index (χ0) is 10.2. The summed E-state index contributed by atoms with van der Waals surface area (Å²) in [5.74, 6) is 2.57. The molecule has 1 rings (SSSR count). The molecule has 0 amide bonds. The molecular formula is C12H15NO. The summed E-state index contributed by atoms with van der Waals surface area (Å²) in [4.78, 5) is 0. The molecule has 74 valence electrons. The summed E-state index contributed by atoms with van der Waals surface area (Å²) in [6, 6.07) is 8.02. The summed E-state index contributed by atoms with van der Waals surface area (Å²) in [6.07, 6.45) is 6.59. The van der Waals surface area contributed by atoms with E-state index in [-0.39, 0.29) is 6.61 Å². The molecule has 1 aromatic carbocycles. The van der Waals surface area contributed by atoms with Crippen molar-refractivity contribution in [3.05, 3.63) is 29.8 Å². The number of hydrogen-bond acceptors (Lipinski definition) is 2. The van der Waals surface area contributed by atoms with Crippen LogP contribution in [0.2, 0.25) is 0 Å². The van der Waals surface area contributed by atoms with E-state index < -0.39 is 0 Å². The highest BCUT2D eigenvalue weighted by molar-refractivity contribution is 5.44. The van der Waals surface area contributed by atoms with Crippen LogP contribution in [-0.2, 0) is 6.42 Å². The summed E-state index contributed by atoms with van der Waals surface area (Å²) in [7, 11) is 0. The monoisotopic (exact) mass is 189 g/mol. The van der Waals surface area contributed by atoms with Gasteiger partial charge in [0.15, 0.2) is 0 Å². The molecule has 0 aliphatic heterocycles. The highest BCUT2D eigenvalue weighted by Gasteiger charge is 1.92. The first-order valence-corrected chi connectivity index (χ1v) is 4.74. The van der Waals surface area contributed by atoms with E-state index in [1.165, 1.54) is 0 Å². The second kappa shape index (κ2) is 6.06. The van der Waals surface area contributed by atoms with Crippen molar-refractivity contribution < 1.29 is 5.11 Å². The zero-order valence-electron chi connectivity index (χ0n) is 8.16. The first-order valence-electron chi connectivity index (χ1n) is 4.74. The van der Waals surface area contributed by atoms with Gasteiger partial charge in [-0.1, -0.05) is 12.1 Å². The van der Waals surface area contributed by atoms with E-state index >= 15 is 0 Å². The van der Waals surface area contributed by atoms with E-state index in [0.29, 0.717) is 6.42 Å². The molecule has 0 saturated carbocycles. The van der Waals surface area contributed by atoms with Gasteiger partial charge in [-0.15, -0.1) is 12.3 Å². The fourth-order valence-corrected chi connectivity index (χ4v) is 1.20. The van der Waals surface area contributed by atoms with E-state index in [1.54, 1.807) is 0 Å². The number of terminal acetylenes is 1. The third kappa shape index (κ3) is 3.51. The SMILES string of the molecule is C#CCCNc1ccc(CCO)cc1. The molecule has 2 heteroatoms. The molecular weight excluding hydrogens is 174 g/mol. The lowest BCUT2D eigenvalue weighted by Crippen LogP contribution is -2.00. The van der Waals surface area contributed by atoms with Gasteiger partial charge in [0.25, 0.3) is 0 Å². The third-order valence-electron chi connectivity index (χ3n) is 1.95. The quantitative estimate of drug-likeness (QED) is 0.545. The molecule has 0 unspecified atom stereocenters. The van der Waals surface area contributed by atoms with Crippen molar-refractivity contribution in [1.82, 2.24) is 0 Å². The molecule has 0 bridgehead atoms. The summed E-state index contributed by atoms with van der Waals surface area (Å²) in [5, 5.41) is 11.9. The number of rotatable bonds is 5. The lowest BCUT2D eigenvalue weighted by Gasteiger charge is -2.04. The summed E-state index contributed by atoms with van der Waals surface area (Å²) in [6.45, 7) is 1.000. The van der Waals surface area contributed by atoms with E-state index in [1.807, 2.05) is 24.3 Å². The Bertz CT molecular complexity index is 297. The van der Waals surface area contributed by atoms with Crippen LogP contribution in [0.1, 0.15) is 12.0 Å². The zero-order valence-corrected chi connectivity index (χ0v) is 8.16. The molecule has 0 spiro atoms. The standard InChI is InChI=1S/C12H15NO/c1-2-3-9-13-12-6-4-11(5-7-12)8-10-14/h1,4-7,13-14H,3,8-10H2. The Kier molecular flexibility index (Phi) is 4.60. The minimum Gasteiger partial charge on any atom is -0.396 e. The highest BCUT2D eigenvalue weighted by atomic mass is 16.2. The molecule has 0 heterocycles. The van der Waals surface area contributed by atoms with E-state index in [4.69, 9.17) is 11.5 Å². The molecule has 0 aliphatic carbocycles. The van der Waals surface area contributed by atoms with Crippen LogP contribution in [0.4, 0.5) is 5.69 Å².